The molecule has 2 aliphatic heterocycles. The zero-order valence-corrected chi connectivity index (χ0v) is 18.5. The van der Waals surface area contributed by atoms with Crippen molar-refractivity contribution in [1.82, 2.24) is 9.88 Å². The number of para-hydroxylation sites is 1. The molecule has 0 atom stereocenters. The van der Waals surface area contributed by atoms with Gasteiger partial charge in [0.25, 0.3) is 0 Å². The Bertz CT molecular complexity index is 1160. The predicted octanol–water partition coefficient (Wildman–Crippen LogP) is 5.76. The molecule has 2 aromatic carbocycles. The fourth-order valence-corrected chi connectivity index (χ4v) is 4.76. The maximum atomic E-state index is 13.4. The SMILES string of the molecule is O=C1OC2(CCN(Cc3cc(C(F)(F)F)ccc3-c3ccncc3)CC2)CN1c1ccccc1. The van der Waals surface area contributed by atoms with E-state index < -0.39 is 17.3 Å². The van der Waals surface area contributed by atoms with Crippen LogP contribution in [0.4, 0.5) is 23.7 Å². The second-order valence-corrected chi connectivity index (χ2v) is 8.85. The van der Waals surface area contributed by atoms with Crippen LogP contribution >= 0.6 is 0 Å². The Hall–Kier alpha value is -3.39. The second-order valence-electron chi connectivity index (χ2n) is 8.85. The number of piperidine rings is 1. The number of benzene rings is 2. The lowest BCUT2D eigenvalue weighted by Gasteiger charge is -2.37. The average Bonchev–Trinajstić information content (AvgIpc) is 3.17. The minimum absolute atomic E-state index is 0.350. The average molecular weight is 467 g/mol. The summed E-state index contributed by atoms with van der Waals surface area (Å²) in [6.45, 7) is 2.12. The molecule has 1 aromatic heterocycles. The lowest BCUT2D eigenvalue weighted by atomic mass is 9.90. The number of likely N-dealkylation sites (tertiary alicyclic amines) is 1. The molecule has 5 rings (SSSR count). The monoisotopic (exact) mass is 467 g/mol. The molecule has 34 heavy (non-hydrogen) atoms. The van der Waals surface area contributed by atoms with Gasteiger partial charge >= 0.3 is 12.3 Å². The third-order valence-electron chi connectivity index (χ3n) is 6.62. The maximum Gasteiger partial charge on any atom is 0.416 e. The van der Waals surface area contributed by atoms with Crippen molar-refractivity contribution in [2.24, 2.45) is 0 Å². The number of halogens is 3. The van der Waals surface area contributed by atoms with Crippen molar-refractivity contribution in [3.05, 3.63) is 84.2 Å². The van der Waals surface area contributed by atoms with Crippen LogP contribution in [-0.4, -0.2) is 41.2 Å². The molecular formula is C26H24F3N3O2. The molecule has 3 heterocycles. The molecule has 2 saturated heterocycles. The number of alkyl halides is 3. The second kappa shape index (κ2) is 8.76. The van der Waals surface area contributed by atoms with Gasteiger partial charge in [-0.15, -0.1) is 0 Å². The summed E-state index contributed by atoms with van der Waals surface area (Å²) in [6.07, 6.45) is -0.228. The van der Waals surface area contributed by atoms with Gasteiger partial charge in [0.15, 0.2) is 0 Å². The van der Waals surface area contributed by atoms with Crippen molar-refractivity contribution in [3.63, 3.8) is 0 Å². The van der Waals surface area contributed by atoms with Crippen molar-refractivity contribution in [2.75, 3.05) is 24.5 Å². The van der Waals surface area contributed by atoms with Crippen LogP contribution in [0.1, 0.15) is 24.0 Å². The molecule has 0 N–H and O–H groups in total. The minimum atomic E-state index is -4.41. The van der Waals surface area contributed by atoms with Crippen molar-refractivity contribution in [1.29, 1.82) is 0 Å². The summed E-state index contributed by atoms with van der Waals surface area (Å²) in [7, 11) is 0. The molecule has 0 saturated carbocycles. The molecule has 5 nitrogen and oxygen atoms in total. The van der Waals surface area contributed by atoms with Crippen LogP contribution in [-0.2, 0) is 17.5 Å². The van der Waals surface area contributed by atoms with E-state index in [0.29, 0.717) is 44.6 Å². The highest BCUT2D eigenvalue weighted by molar-refractivity contribution is 5.90. The first-order valence-corrected chi connectivity index (χ1v) is 11.2. The number of carbonyl (C=O) groups excluding carboxylic acids is 1. The Morgan fingerprint density at radius 3 is 2.35 bits per heavy atom. The van der Waals surface area contributed by atoms with Gasteiger partial charge in [-0.2, -0.15) is 13.2 Å². The number of hydrogen-bond acceptors (Lipinski definition) is 4. The number of rotatable bonds is 4. The van der Waals surface area contributed by atoms with E-state index in [4.69, 9.17) is 4.74 Å². The molecule has 0 bridgehead atoms. The Kier molecular flexibility index (Phi) is 5.77. The van der Waals surface area contributed by atoms with Crippen LogP contribution in [0.5, 0.6) is 0 Å². The predicted molar refractivity (Wildman–Crippen MR) is 122 cm³/mol. The molecule has 0 radical (unpaired) electrons. The van der Waals surface area contributed by atoms with Crippen LogP contribution < -0.4 is 4.90 Å². The first-order valence-electron chi connectivity index (χ1n) is 11.2. The number of anilines is 1. The number of pyridine rings is 1. The van der Waals surface area contributed by atoms with Crippen molar-refractivity contribution < 1.29 is 22.7 Å². The summed E-state index contributed by atoms with van der Waals surface area (Å²) in [4.78, 5) is 20.3. The Balaban J connectivity index is 1.32. The highest BCUT2D eigenvalue weighted by Crippen LogP contribution is 2.38. The number of hydrogen-bond donors (Lipinski definition) is 0. The van der Waals surface area contributed by atoms with E-state index in [2.05, 4.69) is 9.88 Å². The first-order chi connectivity index (χ1) is 16.3. The van der Waals surface area contributed by atoms with Gasteiger partial charge in [0, 0.05) is 50.6 Å². The van der Waals surface area contributed by atoms with Gasteiger partial charge in [-0.3, -0.25) is 14.8 Å². The lowest BCUT2D eigenvalue weighted by molar-refractivity contribution is -0.137. The van der Waals surface area contributed by atoms with Gasteiger partial charge in [-0.05, 0) is 53.1 Å². The van der Waals surface area contributed by atoms with Crippen LogP contribution in [0.2, 0.25) is 0 Å². The minimum Gasteiger partial charge on any atom is -0.441 e. The summed E-state index contributed by atoms with van der Waals surface area (Å²) >= 11 is 0. The van der Waals surface area contributed by atoms with E-state index in [-0.39, 0.29) is 6.09 Å². The Morgan fingerprint density at radius 1 is 0.971 bits per heavy atom. The fourth-order valence-electron chi connectivity index (χ4n) is 4.76. The lowest BCUT2D eigenvalue weighted by Crippen LogP contribution is -2.46. The number of nitrogens with zero attached hydrogens (tertiary/aromatic N) is 3. The van der Waals surface area contributed by atoms with Crippen LogP contribution in [0, 0.1) is 0 Å². The van der Waals surface area contributed by atoms with Gasteiger partial charge in [-0.25, -0.2) is 4.79 Å². The highest BCUT2D eigenvalue weighted by atomic mass is 19.4. The van der Waals surface area contributed by atoms with E-state index in [1.165, 1.54) is 12.1 Å². The molecule has 8 heteroatoms. The summed E-state index contributed by atoms with van der Waals surface area (Å²) in [6, 6.07) is 16.9. The molecule has 1 amide bonds. The number of carbonyl (C=O) groups is 1. The van der Waals surface area contributed by atoms with Crippen LogP contribution in [0.15, 0.2) is 73.1 Å². The maximum absolute atomic E-state index is 13.4. The number of ether oxygens (including phenoxy) is 1. The molecular weight excluding hydrogens is 443 g/mol. The highest BCUT2D eigenvalue weighted by Gasteiger charge is 2.47. The first kappa shape index (κ1) is 22.4. The van der Waals surface area contributed by atoms with E-state index in [9.17, 15) is 18.0 Å². The third-order valence-corrected chi connectivity index (χ3v) is 6.62. The Labute approximate surface area is 195 Å². The zero-order chi connectivity index (χ0) is 23.8. The molecule has 1 spiro atoms. The van der Waals surface area contributed by atoms with Gasteiger partial charge in [0.1, 0.15) is 5.60 Å². The van der Waals surface area contributed by atoms with Gasteiger partial charge in [0.05, 0.1) is 12.1 Å². The molecule has 2 fully saturated rings. The van der Waals surface area contributed by atoms with Crippen LogP contribution in [0.25, 0.3) is 11.1 Å². The van der Waals surface area contributed by atoms with Crippen molar-refractivity contribution >= 4 is 11.8 Å². The molecule has 3 aromatic rings. The van der Waals surface area contributed by atoms with Crippen LogP contribution in [0.3, 0.4) is 0 Å². The zero-order valence-electron chi connectivity index (χ0n) is 18.5. The van der Waals surface area contributed by atoms with E-state index >= 15 is 0 Å². The van der Waals surface area contributed by atoms with Gasteiger partial charge in [0.2, 0.25) is 0 Å². The Morgan fingerprint density at radius 2 is 1.68 bits per heavy atom. The van der Waals surface area contributed by atoms with Gasteiger partial charge in [-0.1, -0.05) is 24.3 Å². The standard InChI is InChI=1S/C26H24F3N3O2/c27-26(28,29)21-6-7-23(19-8-12-30-13-9-19)20(16-21)17-31-14-10-25(11-15-31)18-32(24(33)34-25)22-4-2-1-3-5-22/h1-9,12-13,16H,10-11,14-15,17-18H2. The smallest absolute Gasteiger partial charge is 0.416 e. The topological polar surface area (TPSA) is 45.7 Å². The summed E-state index contributed by atoms with van der Waals surface area (Å²) in [5.41, 5.74) is 1.79. The normalized spacial score (nSPS) is 18.3. The van der Waals surface area contributed by atoms with E-state index in [1.54, 1.807) is 29.4 Å². The van der Waals surface area contributed by atoms with Crippen molar-refractivity contribution in [3.8, 4) is 11.1 Å². The summed E-state index contributed by atoms with van der Waals surface area (Å²) < 4.78 is 46.1. The quantitative estimate of drug-likeness (QED) is 0.490. The molecule has 0 unspecified atom stereocenters. The third kappa shape index (κ3) is 4.50. The number of aromatic nitrogens is 1. The summed E-state index contributed by atoms with van der Waals surface area (Å²) in [5, 5.41) is 0. The number of amides is 1. The largest absolute Gasteiger partial charge is 0.441 e. The van der Waals surface area contributed by atoms with E-state index in [1.807, 2.05) is 30.3 Å². The molecule has 0 aliphatic carbocycles. The van der Waals surface area contributed by atoms with E-state index in [0.717, 1.165) is 22.9 Å². The molecule has 176 valence electrons. The molecule has 2 aliphatic rings. The fraction of sp³-hybridized carbons (Fsp3) is 0.308. The van der Waals surface area contributed by atoms with Crippen molar-refractivity contribution in [2.45, 2.75) is 31.2 Å². The van der Waals surface area contributed by atoms with Gasteiger partial charge < -0.3 is 4.74 Å². The summed E-state index contributed by atoms with van der Waals surface area (Å²) in [5.74, 6) is 0.